The van der Waals surface area contributed by atoms with Gasteiger partial charge in [0.15, 0.2) is 17.3 Å². The molecular weight excluding hydrogens is 384 g/mol. The Balaban J connectivity index is 1.66. The molecule has 0 amide bonds. The van der Waals surface area contributed by atoms with Crippen molar-refractivity contribution in [1.29, 1.82) is 0 Å². The highest BCUT2D eigenvalue weighted by molar-refractivity contribution is 7.19. The lowest BCUT2D eigenvalue weighted by atomic mass is 9.97. The number of nitrogens with zero attached hydrogens (tertiary/aromatic N) is 3. The molecule has 2 aromatic heterocycles. The second-order valence-corrected chi connectivity index (χ2v) is 8.20. The van der Waals surface area contributed by atoms with E-state index in [4.69, 9.17) is 19.4 Å². The van der Waals surface area contributed by atoms with Crippen LogP contribution in [0.3, 0.4) is 0 Å². The van der Waals surface area contributed by atoms with Crippen molar-refractivity contribution in [3.05, 3.63) is 40.0 Å². The fourth-order valence-electron chi connectivity index (χ4n) is 3.72. The minimum Gasteiger partial charge on any atom is -0.493 e. The van der Waals surface area contributed by atoms with Gasteiger partial charge in [-0.3, -0.25) is 5.43 Å². The summed E-state index contributed by atoms with van der Waals surface area (Å²) in [7, 11) is 3.26. The van der Waals surface area contributed by atoms with E-state index in [2.05, 4.69) is 17.5 Å². The number of hydrogen-bond donors (Lipinski definition) is 1. The molecule has 1 aliphatic carbocycles. The summed E-state index contributed by atoms with van der Waals surface area (Å²) in [5, 5.41) is 5.61. The molecule has 1 aromatic carbocycles. The van der Waals surface area contributed by atoms with Crippen LogP contribution in [0.25, 0.3) is 10.2 Å². The highest BCUT2D eigenvalue weighted by Crippen LogP contribution is 2.38. The number of thiophene rings is 1. The topological polar surface area (TPSA) is 68.6 Å². The molecule has 1 aliphatic rings. The predicted molar refractivity (Wildman–Crippen MR) is 119 cm³/mol. The van der Waals surface area contributed by atoms with E-state index in [-0.39, 0.29) is 0 Å². The number of aromatic nitrogens is 2. The predicted octanol–water partition coefficient (Wildman–Crippen LogP) is 4.99. The van der Waals surface area contributed by atoms with Gasteiger partial charge in [-0.15, -0.1) is 11.3 Å². The smallest absolute Gasteiger partial charge is 0.161 e. The number of ether oxygens (including phenoxy) is 2. The Labute approximate surface area is 175 Å². The molecule has 0 unspecified atom stereocenters. The Bertz CT molecular complexity index is 1040. The van der Waals surface area contributed by atoms with Crippen molar-refractivity contribution in [2.75, 3.05) is 19.6 Å². The van der Waals surface area contributed by atoms with Crippen molar-refractivity contribution in [2.24, 2.45) is 5.10 Å². The monoisotopic (exact) mass is 410 g/mol. The number of aryl methyl sites for hydroxylation is 3. The maximum absolute atomic E-state index is 5.37. The second kappa shape index (κ2) is 8.78. The zero-order valence-electron chi connectivity index (χ0n) is 17.1. The van der Waals surface area contributed by atoms with Crippen molar-refractivity contribution in [3.63, 3.8) is 0 Å². The van der Waals surface area contributed by atoms with Gasteiger partial charge >= 0.3 is 0 Å². The summed E-state index contributed by atoms with van der Waals surface area (Å²) in [6, 6.07) is 5.71. The molecule has 6 nitrogen and oxygen atoms in total. The number of hydrogen-bond acceptors (Lipinski definition) is 7. The van der Waals surface area contributed by atoms with Gasteiger partial charge < -0.3 is 9.47 Å². The molecule has 29 heavy (non-hydrogen) atoms. The molecule has 0 saturated heterocycles. The zero-order valence-corrected chi connectivity index (χ0v) is 17.9. The molecule has 0 spiro atoms. The van der Waals surface area contributed by atoms with Gasteiger partial charge in [-0.1, -0.05) is 6.92 Å². The Kier molecular flexibility index (Phi) is 5.94. The molecule has 0 atom stereocenters. The molecule has 152 valence electrons. The summed E-state index contributed by atoms with van der Waals surface area (Å²) >= 11 is 1.82. The number of methoxy groups -OCH3 is 2. The van der Waals surface area contributed by atoms with Crippen LogP contribution in [0.15, 0.2) is 23.3 Å². The molecule has 0 saturated carbocycles. The van der Waals surface area contributed by atoms with Crippen LogP contribution in [0.1, 0.15) is 48.0 Å². The van der Waals surface area contributed by atoms with E-state index in [1.165, 1.54) is 23.3 Å². The van der Waals surface area contributed by atoms with Crippen molar-refractivity contribution < 1.29 is 9.47 Å². The third-order valence-corrected chi connectivity index (χ3v) is 6.31. The molecular formula is C22H26N4O2S. The van der Waals surface area contributed by atoms with Crippen LogP contribution >= 0.6 is 11.3 Å². The molecule has 2 heterocycles. The van der Waals surface area contributed by atoms with E-state index in [0.29, 0.717) is 11.5 Å². The third-order valence-electron chi connectivity index (χ3n) is 5.13. The molecule has 0 aliphatic heterocycles. The van der Waals surface area contributed by atoms with Gasteiger partial charge in [0.05, 0.1) is 25.8 Å². The molecule has 0 fully saturated rings. The Morgan fingerprint density at radius 3 is 2.76 bits per heavy atom. The summed E-state index contributed by atoms with van der Waals surface area (Å²) in [5.74, 6) is 3.07. The van der Waals surface area contributed by atoms with Crippen LogP contribution in [0.4, 0.5) is 5.82 Å². The average Bonchev–Trinajstić information content (AvgIpc) is 3.12. The molecule has 3 aromatic rings. The molecule has 1 N–H and O–H groups in total. The van der Waals surface area contributed by atoms with E-state index in [0.717, 1.165) is 53.1 Å². The minimum atomic E-state index is 0.679. The number of fused-ring (bicyclic) bond motifs is 3. The number of nitrogens with one attached hydrogen (secondary N) is 1. The largest absolute Gasteiger partial charge is 0.493 e. The normalized spacial score (nSPS) is 13.6. The van der Waals surface area contributed by atoms with Crippen LogP contribution in [0.2, 0.25) is 0 Å². The van der Waals surface area contributed by atoms with E-state index in [9.17, 15) is 0 Å². The van der Waals surface area contributed by atoms with Gasteiger partial charge in [0.1, 0.15) is 10.7 Å². The van der Waals surface area contributed by atoms with E-state index < -0.39 is 0 Å². The van der Waals surface area contributed by atoms with Gasteiger partial charge in [0.2, 0.25) is 0 Å². The number of benzene rings is 1. The highest BCUT2D eigenvalue weighted by Gasteiger charge is 2.21. The fraction of sp³-hybridized carbons (Fsp3) is 0.409. The van der Waals surface area contributed by atoms with E-state index in [1.54, 1.807) is 20.4 Å². The average molecular weight is 411 g/mol. The maximum Gasteiger partial charge on any atom is 0.161 e. The summed E-state index contributed by atoms with van der Waals surface area (Å²) in [6.45, 7) is 2.15. The maximum atomic E-state index is 5.37. The lowest BCUT2D eigenvalue weighted by molar-refractivity contribution is 0.355. The first-order valence-corrected chi connectivity index (χ1v) is 10.9. The van der Waals surface area contributed by atoms with Gasteiger partial charge in [0.25, 0.3) is 0 Å². The second-order valence-electron chi connectivity index (χ2n) is 7.11. The van der Waals surface area contributed by atoms with Crippen LogP contribution in [-0.4, -0.2) is 30.4 Å². The van der Waals surface area contributed by atoms with Gasteiger partial charge in [0, 0.05) is 11.3 Å². The van der Waals surface area contributed by atoms with Crippen LogP contribution in [0.5, 0.6) is 11.5 Å². The minimum absolute atomic E-state index is 0.679. The van der Waals surface area contributed by atoms with Crippen LogP contribution < -0.4 is 14.9 Å². The highest BCUT2D eigenvalue weighted by atomic mass is 32.1. The molecule has 0 radical (unpaired) electrons. The Morgan fingerprint density at radius 2 is 1.97 bits per heavy atom. The first kappa shape index (κ1) is 19.6. The third kappa shape index (κ3) is 4.05. The van der Waals surface area contributed by atoms with Crippen molar-refractivity contribution in [1.82, 2.24) is 9.97 Å². The lowest BCUT2D eigenvalue weighted by Crippen LogP contribution is -2.03. The molecule has 7 heteroatoms. The number of hydrazone groups is 1. The van der Waals surface area contributed by atoms with E-state index >= 15 is 0 Å². The Hall–Kier alpha value is -2.67. The standard InChI is InChI=1S/C22H26N4O2S/c1-4-7-19-24-21(20-15-8-5-6-9-18(15)29-22(20)25-19)26-23-13-14-10-11-16(27-2)17(12-14)28-3/h10-13H,4-9H2,1-3H3,(H,24,25,26)/b23-13+. The van der Waals surface area contributed by atoms with Gasteiger partial charge in [-0.25, -0.2) is 9.97 Å². The molecule has 4 rings (SSSR count). The van der Waals surface area contributed by atoms with Crippen LogP contribution in [-0.2, 0) is 19.3 Å². The lowest BCUT2D eigenvalue weighted by Gasteiger charge is -2.12. The SMILES string of the molecule is CCCc1nc(N/N=C/c2ccc(OC)c(OC)c2)c2c3c(sc2n1)CCCC3. The summed E-state index contributed by atoms with van der Waals surface area (Å²) in [6.07, 6.45) is 8.39. The van der Waals surface area contributed by atoms with Gasteiger partial charge in [-0.2, -0.15) is 5.10 Å². The number of rotatable bonds is 7. The van der Waals surface area contributed by atoms with Crippen molar-refractivity contribution >= 4 is 33.6 Å². The first-order valence-electron chi connectivity index (χ1n) is 10.1. The molecule has 0 bridgehead atoms. The summed E-state index contributed by atoms with van der Waals surface area (Å²) in [4.78, 5) is 12.2. The fourth-order valence-corrected chi connectivity index (χ4v) is 5.00. The van der Waals surface area contributed by atoms with Crippen molar-refractivity contribution in [2.45, 2.75) is 45.4 Å². The quantitative estimate of drug-likeness (QED) is 0.439. The van der Waals surface area contributed by atoms with Gasteiger partial charge in [-0.05, 0) is 61.4 Å². The first-order chi connectivity index (χ1) is 14.2. The van der Waals surface area contributed by atoms with E-state index in [1.807, 2.05) is 29.5 Å². The Morgan fingerprint density at radius 1 is 1.14 bits per heavy atom. The van der Waals surface area contributed by atoms with Crippen molar-refractivity contribution in [3.8, 4) is 11.5 Å². The summed E-state index contributed by atoms with van der Waals surface area (Å²) < 4.78 is 10.7. The van der Waals surface area contributed by atoms with Crippen LogP contribution in [0, 0.1) is 0 Å². The number of anilines is 1. The summed E-state index contributed by atoms with van der Waals surface area (Å²) in [5.41, 5.74) is 5.51. The zero-order chi connectivity index (χ0) is 20.2.